The van der Waals surface area contributed by atoms with E-state index in [0.29, 0.717) is 0 Å². The number of phenols is 1. The third-order valence-electron chi connectivity index (χ3n) is 3.06. The van der Waals surface area contributed by atoms with Gasteiger partial charge in [0.15, 0.2) is 0 Å². The van der Waals surface area contributed by atoms with Crippen molar-refractivity contribution in [1.82, 2.24) is 0 Å². The zero-order valence-corrected chi connectivity index (χ0v) is 11.7. The summed E-state index contributed by atoms with van der Waals surface area (Å²) in [6.45, 7) is 0. The molecule has 0 saturated carbocycles. The van der Waals surface area contributed by atoms with Crippen LogP contribution < -0.4 is 5.73 Å². The molecule has 0 radical (unpaired) electrons. The Bertz CT molecular complexity index is 682. The molecule has 0 saturated heterocycles. The normalized spacial score (nSPS) is 12.1. The minimum absolute atomic E-state index is 0. The summed E-state index contributed by atoms with van der Waals surface area (Å²) in [5, 5.41) is 13.6. The number of rotatable bonds is 2. The average molecular weight is 292 g/mol. The van der Waals surface area contributed by atoms with E-state index < -0.39 is 0 Å². The van der Waals surface area contributed by atoms with Crippen molar-refractivity contribution < 1.29 is 5.11 Å². The van der Waals surface area contributed by atoms with Gasteiger partial charge in [-0.15, -0.1) is 23.7 Å². The smallest absolute Gasteiger partial charge is 0.116 e. The number of thiophene rings is 1. The topological polar surface area (TPSA) is 46.2 Å². The third-order valence-corrected chi connectivity index (χ3v) is 4.01. The van der Waals surface area contributed by atoms with Crippen LogP contribution >= 0.6 is 23.7 Å². The highest BCUT2D eigenvalue weighted by atomic mass is 35.5. The Morgan fingerprint density at radius 2 is 1.74 bits per heavy atom. The van der Waals surface area contributed by atoms with Crippen LogP contribution in [0.15, 0.2) is 53.9 Å². The maximum Gasteiger partial charge on any atom is 0.116 e. The van der Waals surface area contributed by atoms with E-state index in [2.05, 4.69) is 12.1 Å². The standard InChI is InChI=1S/C15H13NOS.ClH/c16-15(14-2-1-7-18-14)12-4-3-11-9-13(17)6-5-10(11)8-12;/h1-9,15,17H,16H2;1H/t15-;/m0./s1. The molecule has 98 valence electrons. The molecule has 0 aliphatic heterocycles. The first-order valence-electron chi connectivity index (χ1n) is 5.76. The van der Waals surface area contributed by atoms with E-state index in [0.717, 1.165) is 21.2 Å². The predicted molar refractivity (Wildman–Crippen MR) is 83.2 cm³/mol. The van der Waals surface area contributed by atoms with Gasteiger partial charge in [0.25, 0.3) is 0 Å². The first-order valence-corrected chi connectivity index (χ1v) is 6.64. The summed E-state index contributed by atoms with van der Waals surface area (Å²) < 4.78 is 0. The molecule has 19 heavy (non-hydrogen) atoms. The van der Waals surface area contributed by atoms with Gasteiger partial charge in [-0.2, -0.15) is 0 Å². The first-order chi connectivity index (χ1) is 8.74. The van der Waals surface area contributed by atoms with E-state index in [1.165, 1.54) is 0 Å². The van der Waals surface area contributed by atoms with Crippen LogP contribution in [-0.4, -0.2) is 5.11 Å². The zero-order chi connectivity index (χ0) is 12.5. The van der Waals surface area contributed by atoms with Crippen molar-refractivity contribution in [3.8, 4) is 5.75 Å². The maximum atomic E-state index is 9.44. The molecule has 4 heteroatoms. The summed E-state index contributed by atoms with van der Waals surface area (Å²) in [6.07, 6.45) is 0. The molecular formula is C15H14ClNOS. The fourth-order valence-electron chi connectivity index (χ4n) is 2.08. The van der Waals surface area contributed by atoms with Gasteiger partial charge in [-0.3, -0.25) is 0 Å². The van der Waals surface area contributed by atoms with Crippen molar-refractivity contribution >= 4 is 34.5 Å². The minimum atomic E-state index is -0.0804. The first kappa shape index (κ1) is 13.9. The van der Waals surface area contributed by atoms with Crippen LogP contribution in [0.4, 0.5) is 0 Å². The lowest BCUT2D eigenvalue weighted by molar-refractivity contribution is 0.476. The highest BCUT2D eigenvalue weighted by Crippen LogP contribution is 2.27. The maximum absolute atomic E-state index is 9.44. The molecule has 0 aliphatic carbocycles. The molecule has 2 nitrogen and oxygen atoms in total. The van der Waals surface area contributed by atoms with Crippen LogP contribution in [0.2, 0.25) is 0 Å². The fraction of sp³-hybridized carbons (Fsp3) is 0.0667. The average Bonchev–Trinajstić information content (AvgIpc) is 2.91. The third kappa shape index (κ3) is 2.73. The van der Waals surface area contributed by atoms with Crippen LogP contribution in [-0.2, 0) is 0 Å². The van der Waals surface area contributed by atoms with Gasteiger partial charge < -0.3 is 10.8 Å². The van der Waals surface area contributed by atoms with Crippen molar-refractivity contribution in [3.05, 3.63) is 64.4 Å². The predicted octanol–water partition coefficient (Wildman–Crippen LogP) is 4.08. The molecule has 0 unspecified atom stereocenters. The summed E-state index contributed by atoms with van der Waals surface area (Å²) in [5.74, 6) is 0.290. The van der Waals surface area contributed by atoms with Gasteiger partial charge >= 0.3 is 0 Å². The Balaban J connectivity index is 0.00000133. The second-order valence-electron chi connectivity index (χ2n) is 4.28. The number of fused-ring (bicyclic) bond motifs is 1. The zero-order valence-electron chi connectivity index (χ0n) is 10.1. The van der Waals surface area contributed by atoms with Crippen LogP contribution in [0, 0.1) is 0 Å². The van der Waals surface area contributed by atoms with Gasteiger partial charge in [0, 0.05) is 4.88 Å². The lowest BCUT2D eigenvalue weighted by atomic mass is 10.0. The number of aromatic hydroxyl groups is 1. The van der Waals surface area contributed by atoms with Gasteiger partial charge in [-0.25, -0.2) is 0 Å². The molecule has 3 aromatic rings. The molecule has 3 rings (SSSR count). The van der Waals surface area contributed by atoms with Gasteiger partial charge in [0.2, 0.25) is 0 Å². The number of halogens is 1. The monoisotopic (exact) mass is 291 g/mol. The summed E-state index contributed by atoms with van der Waals surface area (Å²) in [5.41, 5.74) is 7.34. The van der Waals surface area contributed by atoms with Gasteiger partial charge in [0.1, 0.15) is 5.75 Å². The van der Waals surface area contributed by atoms with Crippen LogP contribution in [0.3, 0.4) is 0 Å². The number of nitrogens with two attached hydrogens (primary N) is 1. The summed E-state index contributed by atoms with van der Waals surface area (Å²) >= 11 is 1.67. The molecule has 1 aromatic heterocycles. The quantitative estimate of drug-likeness (QED) is 0.747. The van der Waals surface area contributed by atoms with Crippen molar-refractivity contribution in [2.45, 2.75) is 6.04 Å². The second-order valence-corrected chi connectivity index (χ2v) is 5.26. The number of benzene rings is 2. The second kappa shape index (κ2) is 5.61. The largest absolute Gasteiger partial charge is 0.508 e. The highest BCUT2D eigenvalue weighted by molar-refractivity contribution is 7.10. The van der Waals surface area contributed by atoms with E-state index in [9.17, 15) is 5.11 Å². The SMILES string of the molecule is Cl.N[C@@H](c1ccc2cc(O)ccc2c1)c1cccs1. The Labute approximate surface area is 121 Å². The summed E-state index contributed by atoms with van der Waals surface area (Å²) in [7, 11) is 0. The molecule has 0 amide bonds. The molecule has 2 aromatic carbocycles. The lowest BCUT2D eigenvalue weighted by Crippen LogP contribution is -2.09. The highest BCUT2D eigenvalue weighted by Gasteiger charge is 2.10. The molecule has 0 spiro atoms. The van der Waals surface area contributed by atoms with Gasteiger partial charge in [-0.05, 0) is 46.0 Å². The van der Waals surface area contributed by atoms with Crippen LogP contribution in [0.1, 0.15) is 16.5 Å². The molecular weight excluding hydrogens is 278 g/mol. The summed E-state index contributed by atoms with van der Waals surface area (Å²) in [4.78, 5) is 1.16. The Morgan fingerprint density at radius 1 is 1.00 bits per heavy atom. The molecule has 1 atom stereocenters. The fourth-order valence-corrected chi connectivity index (χ4v) is 2.83. The Kier molecular flexibility index (Phi) is 4.10. The van der Waals surface area contributed by atoms with Crippen molar-refractivity contribution in [2.24, 2.45) is 5.73 Å². The van der Waals surface area contributed by atoms with E-state index in [1.54, 1.807) is 23.5 Å². The van der Waals surface area contributed by atoms with Crippen molar-refractivity contribution in [1.29, 1.82) is 0 Å². The van der Waals surface area contributed by atoms with E-state index in [4.69, 9.17) is 5.73 Å². The summed E-state index contributed by atoms with van der Waals surface area (Å²) in [6, 6.07) is 15.5. The molecule has 0 aliphatic rings. The number of hydrogen-bond donors (Lipinski definition) is 2. The molecule has 0 fully saturated rings. The number of hydrogen-bond acceptors (Lipinski definition) is 3. The van der Waals surface area contributed by atoms with E-state index in [-0.39, 0.29) is 24.2 Å². The molecule has 0 bridgehead atoms. The Hall–Kier alpha value is -1.55. The molecule has 3 N–H and O–H groups in total. The van der Waals surface area contributed by atoms with Crippen molar-refractivity contribution in [3.63, 3.8) is 0 Å². The van der Waals surface area contributed by atoms with Crippen LogP contribution in [0.25, 0.3) is 10.8 Å². The van der Waals surface area contributed by atoms with Crippen molar-refractivity contribution in [2.75, 3.05) is 0 Å². The van der Waals surface area contributed by atoms with Gasteiger partial charge in [-0.1, -0.05) is 24.3 Å². The van der Waals surface area contributed by atoms with E-state index in [1.807, 2.05) is 29.6 Å². The van der Waals surface area contributed by atoms with Crippen LogP contribution in [0.5, 0.6) is 5.75 Å². The Morgan fingerprint density at radius 3 is 2.47 bits per heavy atom. The number of phenolic OH excluding ortho intramolecular Hbond substituents is 1. The lowest BCUT2D eigenvalue weighted by Gasteiger charge is -2.11. The minimum Gasteiger partial charge on any atom is -0.508 e. The van der Waals surface area contributed by atoms with Gasteiger partial charge in [0.05, 0.1) is 6.04 Å². The van der Waals surface area contributed by atoms with E-state index >= 15 is 0 Å². The molecule has 1 heterocycles.